The molecule has 0 aromatic heterocycles. The molecule has 0 fully saturated rings. The van der Waals surface area contributed by atoms with Crippen LogP contribution >= 0.6 is 0 Å². The zero-order valence-electron chi connectivity index (χ0n) is 12.4. The van der Waals surface area contributed by atoms with Crippen LogP contribution in [0.15, 0.2) is 36.4 Å². The van der Waals surface area contributed by atoms with Crippen LogP contribution in [0.4, 0.5) is 4.79 Å². The lowest BCUT2D eigenvalue weighted by Gasteiger charge is -2.13. The van der Waals surface area contributed by atoms with Crippen molar-refractivity contribution in [3.63, 3.8) is 0 Å². The van der Waals surface area contributed by atoms with E-state index in [2.05, 4.69) is 6.92 Å². The summed E-state index contributed by atoms with van der Waals surface area (Å²) in [6.07, 6.45) is 7.26. The van der Waals surface area contributed by atoms with Crippen LogP contribution in [0.5, 0.6) is 0 Å². The SMILES string of the molecule is CCCCCC(/C=C/c1ccccc1)OC(=O)OCC. The van der Waals surface area contributed by atoms with Crippen LogP contribution in [0, 0.1) is 0 Å². The first-order valence-corrected chi connectivity index (χ1v) is 7.33. The summed E-state index contributed by atoms with van der Waals surface area (Å²) in [4.78, 5) is 11.4. The summed E-state index contributed by atoms with van der Waals surface area (Å²) >= 11 is 0. The molecule has 0 saturated heterocycles. The molecule has 0 saturated carbocycles. The average molecular weight is 276 g/mol. The van der Waals surface area contributed by atoms with Gasteiger partial charge in [-0.05, 0) is 31.4 Å². The Morgan fingerprint density at radius 2 is 1.95 bits per heavy atom. The van der Waals surface area contributed by atoms with E-state index in [-0.39, 0.29) is 6.10 Å². The first kappa shape index (κ1) is 16.3. The molecule has 110 valence electrons. The molecule has 0 aliphatic rings. The normalized spacial score (nSPS) is 12.3. The van der Waals surface area contributed by atoms with Gasteiger partial charge in [-0.25, -0.2) is 4.79 Å². The third kappa shape index (κ3) is 6.98. The molecule has 3 heteroatoms. The van der Waals surface area contributed by atoms with E-state index in [0.717, 1.165) is 31.2 Å². The zero-order valence-corrected chi connectivity index (χ0v) is 12.4. The minimum atomic E-state index is -0.591. The first-order chi connectivity index (χ1) is 9.76. The van der Waals surface area contributed by atoms with Crippen LogP contribution in [0.2, 0.25) is 0 Å². The molecule has 0 aliphatic heterocycles. The van der Waals surface area contributed by atoms with Crippen molar-refractivity contribution >= 4 is 12.2 Å². The molecule has 1 unspecified atom stereocenters. The average Bonchev–Trinajstić information content (AvgIpc) is 2.46. The molecule has 0 bridgehead atoms. The minimum Gasteiger partial charge on any atom is -0.435 e. The van der Waals surface area contributed by atoms with Gasteiger partial charge in [0.25, 0.3) is 0 Å². The van der Waals surface area contributed by atoms with Crippen molar-refractivity contribution < 1.29 is 14.3 Å². The number of hydrogen-bond acceptors (Lipinski definition) is 3. The maximum atomic E-state index is 11.4. The molecule has 1 aromatic carbocycles. The summed E-state index contributed by atoms with van der Waals surface area (Å²) in [5.74, 6) is 0. The lowest BCUT2D eigenvalue weighted by Crippen LogP contribution is -2.17. The molecule has 0 radical (unpaired) electrons. The molecule has 0 aliphatic carbocycles. The Bertz CT molecular complexity index is 398. The van der Waals surface area contributed by atoms with Crippen LogP contribution < -0.4 is 0 Å². The predicted octanol–water partition coefficient (Wildman–Crippen LogP) is 4.82. The van der Waals surface area contributed by atoms with Gasteiger partial charge >= 0.3 is 6.16 Å². The Labute approximate surface area is 121 Å². The van der Waals surface area contributed by atoms with Crippen molar-refractivity contribution in [2.75, 3.05) is 6.61 Å². The number of hydrogen-bond donors (Lipinski definition) is 0. The maximum absolute atomic E-state index is 11.4. The van der Waals surface area contributed by atoms with Crippen LogP contribution in [0.1, 0.15) is 45.1 Å². The number of unbranched alkanes of at least 4 members (excludes halogenated alkanes) is 2. The highest BCUT2D eigenvalue weighted by Gasteiger charge is 2.11. The fourth-order valence-corrected chi connectivity index (χ4v) is 1.85. The highest BCUT2D eigenvalue weighted by molar-refractivity contribution is 5.60. The number of carbonyl (C=O) groups excluding carboxylic acids is 1. The van der Waals surface area contributed by atoms with E-state index in [1.54, 1.807) is 6.92 Å². The number of carbonyl (C=O) groups is 1. The molecule has 1 rings (SSSR count). The minimum absolute atomic E-state index is 0.221. The molecular weight excluding hydrogens is 252 g/mol. The fraction of sp³-hybridized carbons (Fsp3) is 0.471. The van der Waals surface area contributed by atoms with E-state index in [0.29, 0.717) is 6.61 Å². The second-order valence-corrected chi connectivity index (χ2v) is 4.60. The van der Waals surface area contributed by atoms with Crippen molar-refractivity contribution in [3.05, 3.63) is 42.0 Å². The van der Waals surface area contributed by atoms with E-state index in [1.165, 1.54) is 0 Å². The van der Waals surface area contributed by atoms with Gasteiger partial charge in [0.1, 0.15) is 6.10 Å². The number of benzene rings is 1. The Balaban J connectivity index is 2.56. The number of rotatable bonds is 8. The molecule has 1 atom stereocenters. The van der Waals surface area contributed by atoms with E-state index < -0.39 is 6.16 Å². The van der Waals surface area contributed by atoms with E-state index >= 15 is 0 Å². The summed E-state index contributed by atoms with van der Waals surface area (Å²) in [7, 11) is 0. The summed E-state index contributed by atoms with van der Waals surface area (Å²) in [5.41, 5.74) is 1.10. The van der Waals surface area contributed by atoms with Crippen molar-refractivity contribution in [1.82, 2.24) is 0 Å². The predicted molar refractivity (Wildman–Crippen MR) is 81.5 cm³/mol. The van der Waals surface area contributed by atoms with E-state index in [1.807, 2.05) is 42.5 Å². The maximum Gasteiger partial charge on any atom is 0.508 e. The standard InChI is InChI=1S/C17H24O3/c1-3-5-7-12-16(20-17(18)19-4-2)14-13-15-10-8-6-9-11-15/h6,8-11,13-14,16H,3-5,7,12H2,1-2H3/b14-13+. The van der Waals surface area contributed by atoms with E-state index in [9.17, 15) is 4.79 Å². The molecule has 0 amide bonds. The zero-order chi connectivity index (χ0) is 14.6. The van der Waals surface area contributed by atoms with Gasteiger partial charge in [0.15, 0.2) is 0 Å². The van der Waals surface area contributed by atoms with Crippen molar-refractivity contribution in [3.8, 4) is 0 Å². The fourth-order valence-electron chi connectivity index (χ4n) is 1.85. The molecule has 20 heavy (non-hydrogen) atoms. The second kappa shape index (κ2) is 10.1. The number of ether oxygens (including phenoxy) is 2. The monoisotopic (exact) mass is 276 g/mol. The third-order valence-corrected chi connectivity index (χ3v) is 2.90. The van der Waals surface area contributed by atoms with Crippen molar-refractivity contribution in [1.29, 1.82) is 0 Å². The van der Waals surface area contributed by atoms with Crippen LogP contribution in [-0.2, 0) is 9.47 Å². The molecule has 0 spiro atoms. The first-order valence-electron chi connectivity index (χ1n) is 7.33. The van der Waals surface area contributed by atoms with Crippen LogP contribution in [0.25, 0.3) is 6.08 Å². The topological polar surface area (TPSA) is 35.5 Å². The van der Waals surface area contributed by atoms with Gasteiger partial charge in [0.05, 0.1) is 6.61 Å². The van der Waals surface area contributed by atoms with E-state index in [4.69, 9.17) is 9.47 Å². The van der Waals surface area contributed by atoms with Gasteiger partial charge < -0.3 is 9.47 Å². The lowest BCUT2D eigenvalue weighted by atomic mass is 10.1. The Hall–Kier alpha value is -1.77. The quantitative estimate of drug-likeness (QED) is 0.504. The summed E-state index contributed by atoms with van der Waals surface area (Å²) in [6.45, 7) is 4.26. The van der Waals surface area contributed by atoms with Gasteiger partial charge in [-0.3, -0.25) is 0 Å². The van der Waals surface area contributed by atoms with Crippen LogP contribution in [-0.4, -0.2) is 18.9 Å². The molecular formula is C17H24O3. The Morgan fingerprint density at radius 1 is 1.20 bits per heavy atom. The Morgan fingerprint density at radius 3 is 2.60 bits per heavy atom. The summed E-state index contributed by atoms with van der Waals surface area (Å²) in [6, 6.07) is 9.98. The van der Waals surface area contributed by atoms with Gasteiger partial charge in [0, 0.05) is 0 Å². The molecule has 3 nitrogen and oxygen atoms in total. The third-order valence-electron chi connectivity index (χ3n) is 2.90. The van der Waals surface area contributed by atoms with Crippen LogP contribution in [0.3, 0.4) is 0 Å². The van der Waals surface area contributed by atoms with Gasteiger partial charge in [0.2, 0.25) is 0 Å². The largest absolute Gasteiger partial charge is 0.508 e. The van der Waals surface area contributed by atoms with Gasteiger partial charge in [-0.15, -0.1) is 0 Å². The second-order valence-electron chi connectivity index (χ2n) is 4.60. The van der Waals surface area contributed by atoms with Gasteiger partial charge in [-0.1, -0.05) is 56.2 Å². The van der Waals surface area contributed by atoms with Crippen molar-refractivity contribution in [2.45, 2.75) is 45.6 Å². The Kier molecular flexibility index (Phi) is 8.20. The summed E-state index contributed by atoms with van der Waals surface area (Å²) < 4.78 is 10.1. The smallest absolute Gasteiger partial charge is 0.435 e. The highest BCUT2D eigenvalue weighted by atomic mass is 16.7. The summed E-state index contributed by atoms with van der Waals surface area (Å²) in [5, 5.41) is 0. The molecule has 0 N–H and O–H groups in total. The lowest BCUT2D eigenvalue weighted by molar-refractivity contribution is 0.0378. The molecule has 1 aromatic rings. The molecule has 0 heterocycles. The van der Waals surface area contributed by atoms with Crippen molar-refractivity contribution in [2.24, 2.45) is 0 Å². The highest BCUT2D eigenvalue weighted by Crippen LogP contribution is 2.12. The van der Waals surface area contributed by atoms with Gasteiger partial charge in [-0.2, -0.15) is 0 Å².